The number of para-hydroxylation sites is 1. The average Bonchev–Trinajstić information content (AvgIpc) is 2.99. The van der Waals surface area contributed by atoms with Crippen LogP contribution in [0.15, 0.2) is 24.4 Å². The van der Waals surface area contributed by atoms with E-state index in [2.05, 4.69) is 24.3 Å². The van der Waals surface area contributed by atoms with Crippen LogP contribution in [0.5, 0.6) is 5.75 Å². The van der Waals surface area contributed by atoms with Crippen LogP contribution in [-0.4, -0.2) is 22.3 Å². The number of hydrogen-bond donors (Lipinski definition) is 1. The van der Waals surface area contributed by atoms with Gasteiger partial charge in [0.15, 0.2) is 0 Å². The first-order valence-corrected chi connectivity index (χ1v) is 9.20. The number of amides is 1. The van der Waals surface area contributed by atoms with Crippen molar-refractivity contribution < 1.29 is 9.53 Å². The Labute approximate surface area is 153 Å². The van der Waals surface area contributed by atoms with Crippen LogP contribution in [0.3, 0.4) is 0 Å². The van der Waals surface area contributed by atoms with Crippen molar-refractivity contribution in [1.29, 1.82) is 0 Å². The highest BCUT2D eigenvalue weighted by atomic mass is 35.5. The minimum Gasteiger partial charge on any atom is -0.492 e. The average molecular weight is 362 g/mol. The Morgan fingerprint density at radius 2 is 2.20 bits per heavy atom. The smallest absolute Gasteiger partial charge is 0.255 e. The zero-order valence-electron chi connectivity index (χ0n) is 14.9. The van der Waals surface area contributed by atoms with Crippen molar-refractivity contribution in [3.8, 4) is 5.75 Å². The number of hydrogen-bond acceptors (Lipinski definition) is 3. The maximum Gasteiger partial charge on any atom is 0.255 e. The van der Waals surface area contributed by atoms with E-state index < -0.39 is 0 Å². The highest BCUT2D eigenvalue weighted by molar-refractivity contribution is 6.32. The van der Waals surface area contributed by atoms with Crippen molar-refractivity contribution in [1.82, 2.24) is 15.1 Å². The quantitative estimate of drug-likeness (QED) is 0.855. The van der Waals surface area contributed by atoms with Gasteiger partial charge in [-0.05, 0) is 25.8 Å². The van der Waals surface area contributed by atoms with Crippen molar-refractivity contribution in [2.24, 2.45) is 0 Å². The molecule has 5 nitrogen and oxygen atoms in total. The summed E-state index contributed by atoms with van der Waals surface area (Å²) in [4.78, 5) is 12.8. The number of aromatic nitrogens is 2. The van der Waals surface area contributed by atoms with E-state index in [0.717, 1.165) is 30.5 Å². The van der Waals surface area contributed by atoms with Crippen molar-refractivity contribution >= 4 is 17.5 Å². The molecule has 1 aliphatic rings. The summed E-state index contributed by atoms with van der Waals surface area (Å²) < 4.78 is 7.62. The number of nitrogens with zero attached hydrogens (tertiary/aromatic N) is 2. The third kappa shape index (κ3) is 3.38. The lowest BCUT2D eigenvalue weighted by molar-refractivity contribution is 0.0924. The standard InChI is InChI=1S/C19H24ClN3O2/c1-4-13(5-2)23-12(3)15(11-21-23)19(24)22-17-9-10-25-18-14(17)7-6-8-16(18)20/h6-8,11,13,17H,4-5,9-10H2,1-3H3,(H,22,24)/t17-/m0/s1. The summed E-state index contributed by atoms with van der Waals surface area (Å²) >= 11 is 6.21. The van der Waals surface area contributed by atoms with Gasteiger partial charge < -0.3 is 10.1 Å². The Morgan fingerprint density at radius 3 is 2.92 bits per heavy atom. The van der Waals surface area contributed by atoms with E-state index >= 15 is 0 Å². The molecule has 1 atom stereocenters. The van der Waals surface area contributed by atoms with Crippen LogP contribution in [0.4, 0.5) is 0 Å². The summed E-state index contributed by atoms with van der Waals surface area (Å²) in [5, 5.41) is 8.14. The minimum absolute atomic E-state index is 0.104. The van der Waals surface area contributed by atoms with Gasteiger partial charge >= 0.3 is 0 Å². The first-order chi connectivity index (χ1) is 12.1. The molecule has 0 aliphatic carbocycles. The molecule has 1 aromatic carbocycles. The molecule has 0 bridgehead atoms. The van der Waals surface area contributed by atoms with Gasteiger partial charge in [0.2, 0.25) is 0 Å². The molecular formula is C19H24ClN3O2. The number of halogens is 1. The molecule has 3 rings (SSSR count). The number of carbonyl (C=O) groups is 1. The van der Waals surface area contributed by atoms with Crippen LogP contribution in [0.25, 0.3) is 0 Å². The van der Waals surface area contributed by atoms with Crippen LogP contribution in [0.1, 0.15) is 66.8 Å². The van der Waals surface area contributed by atoms with E-state index in [-0.39, 0.29) is 11.9 Å². The summed E-state index contributed by atoms with van der Waals surface area (Å²) in [6.07, 6.45) is 4.37. The van der Waals surface area contributed by atoms with Gasteiger partial charge in [-0.15, -0.1) is 0 Å². The molecule has 0 radical (unpaired) electrons. The van der Waals surface area contributed by atoms with Gasteiger partial charge in [-0.1, -0.05) is 37.6 Å². The zero-order valence-corrected chi connectivity index (χ0v) is 15.6. The minimum atomic E-state index is -0.106. The van der Waals surface area contributed by atoms with Gasteiger partial charge in [-0.3, -0.25) is 9.48 Å². The van der Waals surface area contributed by atoms with Gasteiger partial charge in [0.05, 0.1) is 35.5 Å². The van der Waals surface area contributed by atoms with Crippen molar-refractivity contribution in [3.63, 3.8) is 0 Å². The first-order valence-electron chi connectivity index (χ1n) is 8.82. The second-order valence-corrected chi connectivity index (χ2v) is 6.79. The Morgan fingerprint density at radius 1 is 1.44 bits per heavy atom. The molecular weight excluding hydrogens is 338 g/mol. The fourth-order valence-electron chi connectivity index (χ4n) is 3.42. The molecule has 1 aromatic heterocycles. The SMILES string of the molecule is CCC(CC)n1ncc(C(=O)N[C@H]2CCOc3c(Cl)cccc32)c1C. The molecule has 2 heterocycles. The lowest BCUT2D eigenvalue weighted by Gasteiger charge is -2.27. The molecule has 1 aliphatic heterocycles. The van der Waals surface area contributed by atoms with Crippen LogP contribution in [0, 0.1) is 6.92 Å². The van der Waals surface area contributed by atoms with Crippen molar-refractivity contribution in [2.75, 3.05) is 6.61 Å². The van der Waals surface area contributed by atoms with Gasteiger partial charge in [-0.2, -0.15) is 5.10 Å². The van der Waals surface area contributed by atoms with Crippen LogP contribution in [-0.2, 0) is 0 Å². The lowest BCUT2D eigenvalue weighted by atomic mass is 10.00. The third-order valence-corrected chi connectivity index (χ3v) is 5.21. The van der Waals surface area contributed by atoms with E-state index in [1.165, 1.54) is 0 Å². The van der Waals surface area contributed by atoms with Gasteiger partial charge in [0, 0.05) is 17.7 Å². The second-order valence-electron chi connectivity index (χ2n) is 6.38. The fourth-order valence-corrected chi connectivity index (χ4v) is 3.66. The summed E-state index contributed by atoms with van der Waals surface area (Å²) in [5.41, 5.74) is 2.46. The molecule has 25 heavy (non-hydrogen) atoms. The predicted octanol–water partition coefficient (Wildman–Crippen LogP) is 4.46. The fraction of sp³-hybridized carbons (Fsp3) is 0.474. The third-order valence-electron chi connectivity index (χ3n) is 4.91. The molecule has 0 fully saturated rings. The summed E-state index contributed by atoms with van der Waals surface area (Å²) in [6.45, 7) is 6.76. The molecule has 0 unspecified atom stereocenters. The number of rotatable bonds is 5. The molecule has 134 valence electrons. The topological polar surface area (TPSA) is 56.2 Å². The van der Waals surface area contributed by atoms with E-state index in [1.807, 2.05) is 23.7 Å². The van der Waals surface area contributed by atoms with E-state index in [9.17, 15) is 4.79 Å². The number of nitrogens with one attached hydrogen (secondary N) is 1. The number of benzene rings is 1. The highest BCUT2D eigenvalue weighted by Crippen LogP contribution is 2.37. The van der Waals surface area contributed by atoms with Gasteiger partial charge in [0.25, 0.3) is 5.91 Å². The normalized spacial score (nSPS) is 16.4. The first kappa shape index (κ1) is 17.8. The molecule has 0 saturated heterocycles. The highest BCUT2D eigenvalue weighted by Gasteiger charge is 2.26. The van der Waals surface area contributed by atoms with Crippen molar-refractivity contribution in [3.05, 3.63) is 46.2 Å². The number of ether oxygens (including phenoxy) is 1. The molecule has 1 N–H and O–H groups in total. The second kappa shape index (κ2) is 7.48. The molecule has 0 spiro atoms. The maximum absolute atomic E-state index is 12.8. The van der Waals surface area contributed by atoms with E-state index in [4.69, 9.17) is 16.3 Å². The van der Waals surface area contributed by atoms with Crippen LogP contribution < -0.4 is 10.1 Å². The Balaban J connectivity index is 1.82. The Bertz CT molecular complexity index is 768. The predicted molar refractivity (Wildman–Crippen MR) is 98.4 cm³/mol. The molecule has 2 aromatic rings. The van der Waals surface area contributed by atoms with E-state index in [0.29, 0.717) is 29.0 Å². The monoisotopic (exact) mass is 361 g/mol. The van der Waals surface area contributed by atoms with E-state index in [1.54, 1.807) is 12.3 Å². The van der Waals surface area contributed by atoms with Crippen LogP contribution in [0.2, 0.25) is 5.02 Å². The summed E-state index contributed by atoms with van der Waals surface area (Å²) in [5.74, 6) is 0.567. The van der Waals surface area contributed by atoms with Crippen LogP contribution >= 0.6 is 11.6 Å². The van der Waals surface area contributed by atoms with Gasteiger partial charge in [0.1, 0.15) is 5.75 Å². The Kier molecular flexibility index (Phi) is 5.33. The lowest BCUT2D eigenvalue weighted by Crippen LogP contribution is -2.32. The maximum atomic E-state index is 12.8. The largest absolute Gasteiger partial charge is 0.492 e. The molecule has 1 amide bonds. The Hall–Kier alpha value is -2.01. The molecule has 6 heteroatoms. The van der Waals surface area contributed by atoms with Gasteiger partial charge in [-0.25, -0.2) is 0 Å². The number of carbonyl (C=O) groups excluding carboxylic acids is 1. The summed E-state index contributed by atoms with van der Waals surface area (Å²) in [6, 6.07) is 5.85. The summed E-state index contributed by atoms with van der Waals surface area (Å²) in [7, 11) is 0. The van der Waals surface area contributed by atoms with Crippen molar-refractivity contribution in [2.45, 2.75) is 52.1 Å². The zero-order chi connectivity index (χ0) is 18.0. The molecule has 0 saturated carbocycles. The number of fused-ring (bicyclic) bond motifs is 1.